The summed E-state index contributed by atoms with van der Waals surface area (Å²) in [6, 6.07) is -0.606. The Kier molecular flexibility index (Phi) is 22.5. The number of hydrogen-bond acceptors (Lipinski definition) is 4. The van der Waals surface area contributed by atoms with Crippen LogP contribution in [0.5, 0.6) is 0 Å². The molecule has 1 N–H and O–H groups in total. The summed E-state index contributed by atoms with van der Waals surface area (Å²) in [4.78, 5) is 24.3. The molecule has 0 spiro atoms. The highest BCUT2D eigenvalue weighted by atomic mass is 16.6. The molecule has 0 aromatic carbocycles. The number of esters is 1. The van der Waals surface area contributed by atoms with Gasteiger partial charge in [0.2, 0.25) is 0 Å². The first-order valence-electron chi connectivity index (χ1n) is 13.3. The smallest absolute Gasteiger partial charge is 0.407 e. The largest absolute Gasteiger partial charge is 0.464 e. The van der Waals surface area contributed by atoms with Crippen LogP contribution in [0.25, 0.3) is 0 Å². The second-order valence-electron chi connectivity index (χ2n) is 8.74. The minimum absolute atomic E-state index is 0.339. The lowest BCUT2D eigenvalue weighted by Gasteiger charge is -2.17. The number of nitrogens with one attached hydrogen (secondary N) is 1. The van der Waals surface area contributed by atoms with Crippen LogP contribution in [0.3, 0.4) is 0 Å². The molecule has 0 aliphatic heterocycles. The summed E-state index contributed by atoms with van der Waals surface area (Å²) < 4.78 is 10.6. The summed E-state index contributed by atoms with van der Waals surface area (Å²) in [7, 11) is 0. The fraction of sp³-hybridized carbons (Fsp3) is 0.923. The van der Waals surface area contributed by atoms with E-state index in [4.69, 9.17) is 9.47 Å². The molecule has 1 amide bonds. The zero-order valence-corrected chi connectivity index (χ0v) is 20.9. The van der Waals surface area contributed by atoms with Crippen molar-refractivity contribution in [1.29, 1.82) is 0 Å². The van der Waals surface area contributed by atoms with Gasteiger partial charge in [-0.3, -0.25) is 0 Å². The van der Waals surface area contributed by atoms with Crippen molar-refractivity contribution in [2.75, 3.05) is 13.2 Å². The lowest BCUT2D eigenvalue weighted by Crippen LogP contribution is -2.42. The van der Waals surface area contributed by atoms with Gasteiger partial charge < -0.3 is 14.8 Å². The van der Waals surface area contributed by atoms with Gasteiger partial charge in [0.15, 0.2) is 0 Å². The maximum atomic E-state index is 12.3. The van der Waals surface area contributed by atoms with Gasteiger partial charge in [0.25, 0.3) is 0 Å². The van der Waals surface area contributed by atoms with Gasteiger partial charge in [-0.15, -0.1) is 0 Å². The highest BCUT2D eigenvalue weighted by Gasteiger charge is 2.21. The normalized spacial score (nSPS) is 11.8. The second kappa shape index (κ2) is 23.4. The van der Waals surface area contributed by atoms with Crippen molar-refractivity contribution < 1.29 is 19.1 Å². The van der Waals surface area contributed by atoms with Crippen molar-refractivity contribution in [2.24, 2.45) is 0 Å². The summed E-state index contributed by atoms with van der Waals surface area (Å²) in [5.41, 5.74) is 0. The molecular weight excluding hydrogens is 390 g/mol. The fourth-order valence-electron chi connectivity index (χ4n) is 3.63. The molecule has 0 unspecified atom stereocenters. The van der Waals surface area contributed by atoms with Crippen molar-refractivity contribution in [3.8, 4) is 0 Å². The van der Waals surface area contributed by atoms with Gasteiger partial charge in [-0.25, -0.2) is 9.59 Å². The SMILES string of the molecule is CCCCCCCCCCOC(=O)N[C@@H](CCC)C(=O)OCCCCCCCCCC. The van der Waals surface area contributed by atoms with Crippen molar-refractivity contribution in [3.05, 3.63) is 0 Å². The van der Waals surface area contributed by atoms with Gasteiger partial charge in [-0.05, 0) is 19.3 Å². The molecular formula is C26H51NO4. The average Bonchev–Trinajstić information content (AvgIpc) is 2.76. The molecule has 0 aromatic rings. The summed E-state index contributed by atoms with van der Waals surface area (Å²) in [6.45, 7) is 7.29. The van der Waals surface area contributed by atoms with E-state index in [-0.39, 0.29) is 5.97 Å². The van der Waals surface area contributed by atoms with E-state index >= 15 is 0 Å². The molecule has 0 radical (unpaired) electrons. The molecule has 1 atom stereocenters. The molecule has 0 saturated heterocycles. The topological polar surface area (TPSA) is 64.6 Å². The van der Waals surface area contributed by atoms with E-state index in [2.05, 4.69) is 19.2 Å². The third-order valence-electron chi connectivity index (χ3n) is 5.63. The van der Waals surface area contributed by atoms with E-state index in [0.29, 0.717) is 19.6 Å². The molecule has 0 aliphatic carbocycles. The Morgan fingerprint density at radius 3 is 1.45 bits per heavy atom. The van der Waals surface area contributed by atoms with Crippen LogP contribution in [0, 0.1) is 0 Å². The molecule has 0 heterocycles. The Hall–Kier alpha value is -1.26. The predicted octanol–water partition coefficient (Wildman–Crippen LogP) is 7.71. The number of ether oxygens (including phenoxy) is 2. The van der Waals surface area contributed by atoms with Crippen molar-refractivity contribution in [2.45, 2.75) is 142 Å². The van der Waals surface area contributed by atoms with E-state index in [0.717, 1.165) is 32.1 Å². The fourth-order valence-corrected chi connectivity index (χ4v) is 3.63. The van der Waals surface area contributed by atoms with E-state index in [9.17, 15) is 9.59 Å². The van der Waals surface area contributed by atoms with Crippen molar-refractivity contribution >= 4 is 12.1 Å². The Balaban J connectivity index is 3.79. The molecule has 0 fully saturated rings. The average molecular weight is 442 g/mol. The highest BCUT2D eigenvalue weighted by Crippen LogP contribution is 2.10. The zero-order chi connectivity index (χ0) is 23.0. The van der Waals surface area contributed by atoms with Crippen LogP contribution in [0.4, 0.5) is 4.79 Å². The highest BCUT2D eigenvalue weighted by molar-refractivity contribution is 5.81. The number of carbonyl (C=O) groups is 2. The quantitative estimate of drug-likeness (QED) is 0.138. The van der Waals surface area contributed by atoms with Crippen LogP contribution >= 0.6 is 0 Å². The minimum atomic E-state index is -0.606. The first-order chi connectivity index (χ1) is 15.2. The Labute approximate surface area is 192 Å². The molecule has 5 heteroatoms. The molecule has 0 aromatic heterocycles. The van der Waals surface area contributed by atoms with Gasteiger partial charge >= 0.3 is 12.1 Å². The molecule has 0 aliphatic rings. The standard InChI is InChI=1S/C26H51NO4/c1-4-7-9-11-13-15-17-19-22-30-25(28)24(21-6-3)27-26(29)31-23-20-18-16-14-12-10-8-5-2/h24H,4-23H2,1-3H3,(H,27,29)/t24-/m0/s1. The second-order valence-corrected chi connectivity index (χ2v) is 8.74. The lowest BCUT2D eigenvalue weighted by atomic mass is 10.1. The maximum absolute atomic E-state index is 12.3. The van der Waals surface area contributed by atoms with Crippen molar-refractivity contribution in [1.82, 2.24) is 5.32 Å². The molecule has 0 rings (SSSR count). The summed E-state index contributed by atoms with van der Waals surface area (Å²) in [5.74, 6) is -0.339. The van der Waals surface area contributed by atoms with Crippen LogP contribution in [-0.4, -0.2) is 31.3 Å². The molecule has 0 saturated carbocycles. The van der Waals surface area contributed by atoms with E-state index in [1.807, 2.05) is 6.92 Å². The number of carbonyl (C=O) groups excluding carboxylic acids is 2. The van der Waals surface area contributed by atoms with Crippen molar-refractivity contribution in [3.63, 3.8) is 0 Å². The number of hydrogen-bond donors (Lipinski definition) is 1. The van der Waals surface area contributed by atoms with Crippen LogP contribution in [0.2, 0.25) is 0 Å². The molecule has 31 heavy (non-hydrogen) atoms. The third-order valence-corrected chi connectivity index (χ3v) is 5.63. The lowest BCUT2D eigenvalue weighted by molar-refractivity contribution is -0.146. The van der Waals surface area contributed by atoms with Gasteiger partial charge in [-0.1, -0.05) is 117 Å². The van der Waals surface area contributed by atoms with E-state index < -0.39 is 12.1 Å². The number of rotatable bonds is 22. The molecule has 5 nitrogen and oxygen atoms in total. The van der Waals surface area contributed by atoms with Crippen LogP contribution in [-0.2, 0) is 14.3 Å². The van der Waals surface area contributed by atoms with Crippen LogP contribution in [0.1, 0.15) is 136 Å². The van der Waals surface area contributed by atoms with Crippen LogP contribution in [0.15, 0.2) is 0 Å². The Morgan fingerprint density at radius 2 is 1.00 bits per heavy atom. The van der Waals surface area contributed by atoms with Gasteiger partial charge in [0, 0.05) is 0 Å². The van der Waals surface area contributed by atoms with Gasteiger partial charge in [0.05, 0.1) is 13.2 Å². The summed E-state index contributed by atoms with van der Waals surface area (Å²) in [5, 5.41) is 2.69. The van der Waals surface area contributed by atoms with Crippen LogP contribution < -0.4 is 5.32 Å². The first kappa shape index (κ1) is 29.7. The first-order valence-corrected chi connectivity index (χ1v) is 13.3. The van der Waals surface area contributed by atoms with Gasteiger partial charge in [-0.2, -0.15) is 0 Å². The number of unbranched alkanes of at least 4 members (excludes halogenated alkanes) is 14. The predicted molar refractivity (Wildman–Crippen MR) is 129 cm³/mol. The minimum Gasteiger partial charge on any atom is -0.464 e. The number of amides is 1. The molecule has 0 bridgehead atoms. The number of alkyl carbamates (subject to hydrolysis) is 1. The summed E-state index contributed by atoms with van der Waals surface area (Å²) >= 11 is 0. The maximum Gasteiger partial charge on any atom is 0.407 e. The van der Waals surface area contributed by atoms with E-state index in [1.165, 1.54) is 77.0 Å². The molecule has 184 valence electrons. The Morgan fingerprint density at radius 1 is 0.581 bits per heavy atom. The van der Waals surface area contributed by atoms with Gasteiger partial charge in [0.1, 0.15) is 6.04 Å². The van der Waals surface area contributed by atoms with E-state index in [1.54, 1.807) is 0 Å². The third kappa shape index (κ3) is 20.4. The zero-order valence-electron chi connectivity index (χ0n) is 20.9. The monoisotopic (exact) mass is 441 g/mol. The summed E-state index contributed by atoms with van der Waals surface area (Å²) in [6.07, 6.45) is 20.2. The Bertz CT molecular complexity index is 414.